The number of thioether (sulfide) groups is 1. The van der Waals surface area contributed by atoms with Gasteiger partial charge in [0.2, 0.25) is 11.1 Å². The van der Waals surface area contributed by atoms with E-state index in [4.69, 9.17) is 4.74 Å². The summed E-state index contributed by atoms with van der Waals surface area (Å²) >= 11 is 1.32. The molecule has 0 aliphatic rings. The van der Waals surface area contributed by atoms with Crippen LogP contribution in [0, 0.1) is 6.92 Å². The average Bonchev–Trinajstić information content (AvgIpc) is 2.94. The summed E-state index contributed by atoms with van der Waals surface area (Å²) in [5, 5.41) is 14.6. The van der Waals surface area contributed by atoms with Crippen LogP contribution < -0.4 is 10.1 Å². The number of carbonyl (C=O) groups is 1. The first-order valence-corrected chi connectivity index (χ1v) is 7.81. The van der Waals surface area contributed by atoms with Gasteiger partial charge < -0.3 is 10.1 Å². The van der Waals surface area contributed by atoms with Crippen LogP contribution in [0.15, 0.2) is 23.4 Å². The van der Waals surface area contributed by atoms with Crippen LogP contribution in [0.5, 0.6) is 5.75 Å². The number of benzene rings is 1. The van der Waals surface area contributed by atoms with Gasteiger partial charge in [0.1, 0.15) is 5.75 Å². The number of rotatable bonds is 6. The molecule has 1 aromatic carbocycles. The van der Waals surface area contributed by atoms with Gasteiger partial charge in [0.25, 0.3) is 0 Å². The van der Waals surface area contributed by atoms with Crippen LogP contribution in [0.4, 0.5) is 5.69 Å². The lowest BCUT2D eigenvalue weighted by Crippen LogP contribution is -2.23. The maximum Gasteiger partial charge on any atom is 0.237 e. The second-order valence-electron chi connectivity index (χ2n) is 4.73. The molecule has 2 rings (SSSR count). The maximum atomic E-state index is 12.4. The van der Waals surface area contributed by atoms with E-state index in [2.05, 4.69) is 20.8 Å². The quantitative estimate of drug-likeness (QED) is 0.821. The van der Waals surface area contributed by atoms with Crippen molar-refractivity contribution in [2.45, 2.75) is 37.7 Å². The van der Waals surface area contributed by atoms with Crippen molar-refractivity contribution in [2.75, 3.05) is 12.4 Å². The molecule has 2 aromatic rings. The number of aromatic nitrogens is 4. The standard InChI is InChI=1S/C14H19N5O2S/c1-5-19-14(16-17-18-19)22-10(3)13(20)15-11-8-9(2)6-7-12(11)21-4/h6-8,10H,5H2,1-4H3,(H,15,20). The van der Waals surface area contributed by atoms with E-state index < -0.39 is 0 Å². The summed E-state index contributed by atoms with van der Waals surface area (Å²) in [7, 11) is 1.58. The van der Waals surface area contributed by atoms with Gasteiger partial charge in [-0.25, -0.2) is 4.68 Å². The summed E-state index contributed by atoms with van der Waals surface area (Å²) in [6, 6.07) is 5.65. The minimum Gasteiger partial charge on any atom is -0.495 e. The van der Waals surface area contributed by atoms with Crippen LogP contribution in [-0.4, -0.2) is 38.5 Å². The number of aryl methyl sites for hydroxylation is 2. The van der Waals surface area contributed by atoms with Crippen LogP contribution >= 0.6 is 11.8 Å². The van der Waals surface area contributed by atoms with Crippen molar-refractivity contribution in [3.8, 4) is 5.75 Å². The number of tetrazole rings is 1. The fourth-order valence-electron chi connectivity index (χ4n) is 1.84. The minimum absolute atomic E-state index is 0.125. The van der Waals surface area contributed by atoms with Crippen LogP contribution in [-0.2, 0) is 11.3 Å². The predicted octanol–water partition coefficient (Wildman–Crippen LogP) is 2.13. The van der Waals surface area contributed by atoms with E-state index in [1.165, 1.54) is 11.8 Å². The number of hydrogen-bond donors (Lipinski definition) is 1. The molecule has 0 spiro atoms. The molecule has 7 nitrogen and oxygen atoms in total. The van der Waals surface area contributed by atoms with Gasteiger partial charge >= 0.3 is 0 Å². The molecule has 0 fully saturated rings. The molecular formula is C14H19N5O2S. The summed E-state index contributed by atoms with van der Waals surface area (Å²) in [5.74, 6) is 0.508. The van der Waals surface area contributed by atoms with Gasteiger partial charge in [-0.1, -0.05) is 17.8 Å². The van der Waals surface area contributed by atoms with Crippen molar-refractivity contribution in [1.82, 2.24) is 20.2 Å². The lowest BCUT2D eigenvalue weighted by molar-refractivity contribution is -0.115. The smallest absolute Gasteiger partial charge is 0.237 e. The van der Waals surface area contributed by atoms with Crippen LogP contribution in [0.3, 0.4) is 0 Å². The van der Waals surface area contributed by atoms with E-state index >= 15 is 0 Å². The van der Waals surface area contributed by atoms with Crippen LogP contribution in [0.25, 0.3) is 0 Å². The fraction of sp³-hybridized carbons (Fsp3) is 0.429. The summed E-state index contributed by atoms with van der Waals surface area (Å²) < 4.78 is 6.92. The third-order valence-electron chi connectivity index (χ3n) is 3.06. The second-order valence-corrected chi connectivity index (χ2v) is 6.04. The number of amides is 1. The number of anilines is 1. The van der Waals surface area contributed by atoms with Gasteiger partial charge in [0.05, 0.1) is 18.0 Å². The molecule has 0 aliphatic heterocycles. The number of nitrogens with one attached hydrogen (secondary N) is 1. The molecule has 0 bridgehead atoms. The number of methoxy groups -OCH3 is 1. The molecule has 0 saturated heterocycles. The maximum absolute atomic E-state index is 12.4. The van der Waals surface area contributed by atoms with Crippen LogP contribution in [0.2, 0.25) is 0 Å². The Bertz CT molecular complexity index is 658. The number of carbonyl (C=O) groups excluding carboxylic acids is 1. The minimum atomic E-state index is -0.332. The van der Waals surface area contributed by atoms with E-state index in [0.717, 1.165) is 5.56 Å². The van der Waals surface area contributed by atoms with Gasteiger partial charge in [-0.3, -0.25) is 4.79 Å². The Hall–Kier alpha value is -2.09. The Balaban J connectivity index is 2.07. The molecule has 1 amide bonds. The van der Waals surface area contributed by atoms with Crippen molar-refractivity contribution in [3.05, 3.63) is 23.8 Å². The fourth-order valence-corrected chi connectivity index (χ4v) is 2.70. The molecular weight excluding hydrogens is 302 g/mol. The molecule has 1 N–H and O–H groups in total. The SMILES string of the molecule is CCn1nnnc1SC(C)C(=O)Nc1cc(C)ccc1OC. The van der Waals surface area contributed by atoms with Gasteiger partial charge in [0.15, 0.2) is 0 Å². The third kappa shape index (κ3) is 3.76. The second kappa shape index (κ2) is 7.26. The largest absolute Gasteiger partial charge is 0.495 e. The summed E-state index contributed by atoms with van der Waals surface area (Å²) in [5.41, 5.74) is 1.71. The van der Waals surface area contributed by atoms with Gasteiger partial charge in [-0.05, 0) is 48.9 Å². The lowest BCUT2D eigenvalue weighted by atomic mass is 10.2. The molecule has 22 heavy (non-hydrogen) atoms. The highest BCUT2D eigenvalue weighted by molar-refractivity contribution is 8.00. The molecule has 118 valence electrons. The zero-order chi connectivity index (χ0) is 16.1. The summed E-state index contributed by atoms with van der Waals surface area (Å²) in [6.45, 7) is 6.39. The van der Waals surface area contributed by atoms with E-state index in [-0.39, 0.29) is 11.2 Å². The molecule has 1 unspecified atom stereocenters. The van der Waals surface area contributed by atoms with E-state index in [9.17, 15) is 4.79 Å². The zero-order valence-corrected chi connectivity index (χ0v) is 13.8. The zero-order valence-electron chi connectivity index (χ0n) is 13.0. The number of ether oxygens (including phenoxy) is 1. The Labute approximate surface area is 133 Å². The van der Waals surface area contributed by atoms with E-state index in [1.807, 2.05) is 39.0 Å². The monoisotopic (exact) mass is 321 g/mol. The van der Waals surface area contributed by atoms with Crippen molar-refractivity contribution < 1.29 is 9.53 Å². The van der Waals surface area contributed by atoms with E-state index in [0.29, 0.717) is 23.1 Å². The van der Waals surface area contributed by atoms with Crippen LogP contribution in [0.1, 0.15) is 19.4 Å². The van der Waals surface area contributed by atoms with Crippen molar-refractivity contribution in [3.63, 3.8) is 0 Å². The summed E-state index contributed by atoms with van der Waals surface area (Å²) in [4.78, 5) is 12.4. The average molecular weight is 321 g/mol. The number of nitrogens with zero attached hydrogens (tertiary/aromatic N) is 4. The Morgan fingerprint density at radius 1 is 1.50 bits per heavy atom. The van der Waals surface area contributed by atoms with Crippen molar-refractivity contribution in [2.24, 2.45) is 0 Å². The Morgan fingerprint density at radius 2 is 2.27 bits per heavy atom. The highest BCUT2D eigenvalue weighted by atomic mass is 32.2. The Kier molecular flexibility index (Phi) is 5.37. The number of hydrogen-bond acceptors (Lipinski definition) is 6. The normalized spacial score (nSPS) is 12.0. The molecule has 0 saturated carbocycles. The van der Waals surface area contributed by atoms with Crippen molar-refractivity contribution >= 4 is 23.4 Å². The lowest BCUT2D eigenvalue weighted by Gasteiger charge is -2.14. The molecule has 0 aliphatic carbocycles. The predicted molar refractivity (Wildman–Crippen MR) is 85.2 cm³/mol. The highest BCUT2D eigenvalue weighted by Crippen LogP contribution is 2.27. The molecule has 1 atom stereocenters. The molecule has 1 heterocycles. The Morgan fingerprint density at radius 3 is 2.95 bits per heavy atom. The first kappa shape index (κ1) is 16.3. The third-order valence-corrected chi connectivity index (χ3v) is 4.13. The molecule has 0 radical (unpaired) electrons. The van der Waals surface area contributed by atoms with Gasteiger partial charge in [-0.2, -0.15) is 0 Å². The topological polar surface area (TPSA) is 81.9 Å². The van der Waals surface area contributed by atoms with Gasteiger partial charge in [-0.15, -0.1) is 5.10 Å². The summed E-state index contributed by atoms with van der Waals surface area (Å²) in [6.07, 6.45) is 0. The molecule has 8 heteroatoms. The highest BCUT2D eigenvalue weighted by Gasteiger charge is 2.19. The van der Waals surface area contributed by atoms with E-state index in [1.54, 1.807) is 11.8 Å². The van der Waals surface area contributed by atoms with Gasteiger partial charge in [0, 0.05) is 6.54 Å². The first-order valence-electron chi connectivity index (χ1n) is 6.93. The van der Waals surface area contributed by atoms with Crippen molar-refractivity contribution in [1.29, 1.82) is 0 Å². The first-order chi connectivity index (χ1) is 10.5. The molecule has 1 aromatic heterocycles.